The van der Waals surface area contributed by atoms with Crippen LogP contribution in [-0.2, 0) is 22.5 Å². The number of carboxylic acid groups (broad SMARTS) is 1. The third kappa shape index (κ3) is 5.78. The lowest BCUT2D eigenvalue weighted by atomic mass is 10.1. The van der Waals surface area contributed by atoms with E-state index in [1.807, 2.05) is 19.1 Å². The molecule has 0 aliphatic rings. The summed E-state index contributed by atoms with van der Waals surface area (Å²) in [7, 11) is 1.48. The Bertz CT molecular complexity index is 479. The number of carbonyl (C=O) groups is 2. The zero-order valence-corrected chi connectivity index (χ0v) is 12.3. The molecule has 1 unspecified atom stereocenters. The van der Waals surface area contributed by atoms with Crippen LogP contribution in [-0.4, -0.2) is 41.8 Å². The molecule has 0 aliphatic heterocycles. The molecule has 0 aliphatic carbocycles. The number of carbonyl (C=O) groups excluding carboxylic acids is 1. The second-order valence-electron chi connectivity index (χ2n) is 4.46. The van der Waals surface area contributed by atoms with E-state index in [0.29, 0.717) is 0 Å². The Kier molecular flexibility index (Phi) is 7.17. The molecule has 0 radical (unpaired) electrons. The fourth-order valence-corrected chi connectivity index (χ4v) is 1.82. The van der Waals surface area contributed by atoms with E-state index in [4.69, 9.17) is 9.84 Å². The molecule has 7 heteroatoms. The summed E-state index contributed by atoms with van der Waals surface area (Å²) in [6.45, 7) is 2.52. The Morgan fingerprint density at radius 2 is 2.24 bits per heavy atom. The van der Waals surface area contributed by atoms with Crippen LogP contribution in [0.1, 0.15) is 24.6 Å². The minimum atomic E-state index is -1.09. The smallest absolute Gasteiger partial charge is 0.326 e. The van der Waals surface area contributed by atoms with Gasteiger partial charge in [-0.25, -0.2) is 9.59 Å². The predicted octanol–water partition coefficient (Wildman–Crippen LogP) is 0.933. The number of aryl methyl sites for hydroxylation is 1. The van der Waals surface area contributed by atoms with Crippen LogP contribution in [0.2, 0.25) is 0 Å². The van der Waals surface area contributed by atoms with Crippen LogP contribution >= 0.6 is 0 Å². The lowest BCUT2D eigenvalue weighted by molar-refractivity contribution is -0.139. The third-order valence-electron chi connectivity index (χ3n) is 3.00. The first-order valence-corrected chi connectivity index (χ1v) is 6.77. The second-order valence-corrected chi connectivity index (χ2v) is 4.46. The van der Waals surface area contributed by atoms with E-state index < -0.39 is 18.0 Å². The molecule has 116 valence electrons. The summed E-state index contributed by atoms with van der Waals surface area (Å²) in [5.41, 5.74) is 1.82. The first-order valence-electron chi connectivity index (χ1n) is 6.77. The summed E-state index contributed by atoms with van der Waals surface area (Å²) >= 11 is 0. The number of aromatic nitrogens is 1. The molecule has 0 bridgehead atoms. The third-order valence-corrected chi connectivity index (χ3v) is 3.00. The molecule has 1 aromatic rings. The standard InChI is InChI=1S/C14H21N3O4/c1-3-10-5-4-7-15-12(10)9-16-14(20)17-11(13(18)19)6-8-21-2/h4-5,7,11H,3,6,8-9H2,1-2H3,(H,18,19)(H2,16,17,20). The maximum atomic E-state index is 11.7. The molecular formula is C14H21N3O4. The van der Waals surface area contributed by atoms with Crippen molar-refractivity contribution in [3.8, 4) is 0 Å². The highest BCUT2D eigenvalue weighted by molar-refractivity contribution is 5.82. The van der Waals surface area contributed by atoms with Crippen molar-refractivity contribution >= 4 is 12.0 Å². The van der Waals surface area contributed by atoms with Crippen molar-refractivity contribution in [3.63, 3.8) is 0 Å². The number of hydrogen-bond acceptors (Lipinski definition) is 4. The highest BCUT2D eigenvalue weighted by atomic mass is 16.5. The normalized spacial score (nSPS) is 11.7. The molecule has 0 saturated carbocycles. The van der Waals surface area contributed by atoms with E-state index in [1.54, 1.807) is 6.20 Å². The van der Waals surface area contributed by atoms with Crippen molar-refractivity contribution < 1.29 is 19.4 Å². The fraction of sp³-hybridized carbons (Fsp3) is 0.500. The maximum Gasteiger partial charge on any atom is 0.326 e. The number of rotatable bonds is 8. The average Bonchev–Trinajstić information content (AvgIpc) is 2.49. The number of aliphatic carboxylic acids is 1. The number of carboxylic acids is 1. The van der Waals surface area contributed by atoms with E-state index in [1.165, 1.54) is 7.11 Å². The minimum Gasteiger partial charge on any atom is -0.480 e. The number of pyridine rings is 1. The van der Waals surface area contributed by atoms with Gasteiger partial charge in [-0.05, 0) is 18.1 Å². The highest BCUT2D eigenvalue weighted by Gasteiger charge is 2.19. The van der Waals surface area contributed by atoms with Crippen LogP contribution < -0.4 is 10.6 Å². The van der Waals surface area contributed by atoms with Gasteiger partial charge in [0, 0.05) is 26.3 Å². The monoisotopic (exact) mass is 295 g/mol. The number of nitrogens with zero attached hydrogens (tertiary/aromatic N) is 1. The van der Waals surface area contributed by atoms with Gasteiger partial charge in [0.25, 0.3) is 0 Å². The number of methoxy groups -OCH3 is 1. The SMILES string of the molecule is CCc1cccnc1CNC(=O)NC(CCOC)C(=O)O. The molecule has 0 saturated heterocycles. The summed E-state index contributed by atoms with van der Waals surface area (Å²) in [6.07, 6.45) is 2.69. The Labute approximate surface area is 123 Å². The first kappa shape index (κ1) is 16.9. The van der Waals surface area contributed by atoms with Crippen molar-refractivity contribution in [2.24, 2.45) is 0 Å². The molecule has 3 N–H and O–H groups in total. The van der Waals surface area contributed by atoms with Gasteiger partial charge in [-0.3, -0.25) is 4.98 Å². The Hall–Kier alpha value is -2.15. The van der Waals surface area contributed by atoms with Gasteiger partial charge in [-0.2, -0.15) is 0 Å². The van der Waals surface area contributed by atoms with Crippen LogP contribution in [0.15, 0.2) is 18.3 Å². The Balaban J connectivity index is 2.50. The molecule has 7 nitrogen and oxygen atoms in total. The lowest BCUT2D eigenvalue weighted by Crippen LogP contribution is -2.46. The van der Waals surface area contributed by atoms with E-state index in [0.717, 1.165) is 17.7 Å². The molecule has 0 spiro atoms. The summed E-state index contributed by atoms with van der Waals surface area (Å²) in [5.74, 6) is -1.09. The molecule has 1 heterocycles. The molecule has 0 fully saturated rings. The molecule has 1 rings (SSSR count). The second kappa shape index (κ2) is 8.91. The molecule has 21 heavy (non-hydrogen) atoms. The van der Waals surface area contributed by atoms with E-state index in [9.17, 15) is 9.59 Å². The van der Waals surface area contributed by atoms with Gasteiger partial charge in [0.15, 0.2) is 0 Å². The van der Waals surface area contributed by atoms with Gasteiger partial charge < -0.3 is 20.5 Å². The zero-order chi connectivity index (χ0) is 15.7. The number of urea groups is 1. The van der Waals surface area contributed by atoms with Crippen molar-refractivity contribution in [3.05, 3.63) is 29.6 Å². The maximum absolute atomic E-state index is 11.7. The Morgan fingerprint density at radius 1 is 1.48 bits per heavy atom. The molecule has 0 aromatic carbocycles. The van der Waals surface area contributed by atoms with E-state index >= 15 is 0 Å². The van der Waals surface area contributed by atoms with Gasteiger partial charge in [-0.1, -0.05) is 13.0 Å². The topological polar surface area (TPSA) is 101 Å². The van der Waals surface area contributed by atoms with Gasteiger partial charge >= 0.3 is 12.0 Å². The van der Waals surface area contributed by atoms with E-state index in [2.05, 4.69) is 15.6 Å². The summed E-state index contributed by atoms with van der Waals surface area (Å²) in [4.78, 5) is 27.0. The number of nitrogens with one attached hydrogen (secondary N) is 2. The summed E-state index contributed by atoms with van der Waals surface area (Å²) in [6, 6.07) is 2.28. The number of hydrogen-bond donors (Lipinski definition) is 3. The fourth-order valence-electron chi connectivity index (χ4n) is 1.82. The van der Waals surface area contributed by atoms with Crippen LogP contribution in [0.4, 0.5) is 4.79 Å². The highest BCUT2D eigenvalue weighted by Crippen LogP contribution is 2.05. The molecule has 1 aromatic heterocycles. The lowest BCUT2D eigenvalue weighted by Gasteiger charge is -2.15. The van der Waals surface area contributed by atoms with Crippen LogP contribution in [0.3, 0.4) is 0 Å². The van der Waals surface area contributed by atoms with Crippen molar-refractivity contribution in [2.75, 3.05) is 13.7 Å². The van der Waals surface area contributed by atoms with Crippen LogP contribution in [0.25, 0.3) is 0 Å². The summed E-state index contributed by atoms with van der Waals surface area (Å²) < 4.78 is 4.82. The largest absolute Gasteiger partial charge is 0.480 e. The minimum absolute atomic E-state index is 0.211. The van der Waals surface area contributed by atoms with Crippen LogP contribution in [0, 0.1) is 0 Å². The van der Waals surface area contributed by atoms with Crippen molar-refractivity contribution in [2.45, 2.75) is 32.4 Å². The van der Waals surface area contributed by atoms with E-state index in [-0.39, 0.29) is 19.6 Å². The molecular weight excluding hydrogens is 274 g/mol. The van der Waals surface area contributed by atoms with Crippen molar-refractivity contribution in [1.82, 2.24) is 15.6 Å². The number of ether oxygens (including phenoxy) is 1. The Morgan fingerprint density at radius 3 is 2.86 bits per heavy atom. The van der Waals surface area contributed by atoms with Gasteiger partial charge in [0.2, 0.25) is 0 Å². The van der Waals surface area contributed by atoms with Crippen LogP contribution in [0.5, 0.6) is 0 Å². The van der Waals surface area contributed by atoms with Gasteiger partial charge in [0.1, 0.15) is 6.04 Å². The predicted molar refractivity (Wildman–Crippen MR) is 76.9 cm³/mol. The van der Waals surface area contributed by atoms with Crippen molar-refractivity contribution in [1.29, 1.82) is 0 Å². The first-order chi connectivity index (χ1) is 10.1. The van der Waals surface area contributed by atoms with Gasteiger partial charge in [-0.15, -0.1) is 0 Å². The van der Waals surface area contributed by atoms with Gasteiger partial charge in [0.05, 0.1) is 12.2 Å². The quantitative estimate of drug-likeness (QED) is 0.662. The zero-order valence-electron chi connectivity index (χ0n) is 12.3. The molecule has 1 atom stereocenters. The molecule has 2 amide bonds. The average molecular weight is 295 g/mol. The number of amides is 2. The summed E-state index contributed by atoms with van der Waals surface area (Å²) in [5, 5.41) is 14.0.